The van der Waals surface area contributed by atoms with Crippen molar-refractivity contribution in [1.29, 1.82) is 0 Å². The predicted molar refractivity (Wildman–Crippen MR) is 121 cm³/mol. The van der Waals surface area contributed by atoms with Crippen molar-refractivity contribution < 1.29 is 9.47 Å². The molecule has 2 heteroatoms. The van der Waals surface area contributed by atoms with Gasteiger partial charge in [-0.05, 0) is 44.4 Å². The van der Waals surface area contributed by atoms with Gasteiger partial charge in [-0.1, -0.05) is 91.2 Å². The van der Waals surface area contributed by atoms with E-state index in [2.05, 4.69) is 39.8 Å². The highest BCUT2D eigenvalue weighted by atomic mass is 16.5. The average molecular weight is 383 g/mol. The van der Waals surface area contributed by atoms with Crippen LogP contribution in [0, 0.1) is 5.92 Å². The van der Waals surface area contributed by atoms with E-state index in [0.717, 1.165) is 38.6 Å². The molecule has 2 atom stereocenters. The van der Waals surface area contributed by atoms with Crippen molar-refractivity contribution in [2.45, 2.75) is 124 Å². The van der Waals surface area contributed by atoms with Crippen molar-refractivity contribution >= 4 is 0 Å². The molecule has 0 fully saturated rings. The van der Waals surface area contributed by atoms with Gasteiger partial charge in [0.1, 0.15) is 0 Å². The lowest BCUT2D eigenvalue weighted by Gasteiger charge is -2.16. The maximum Gasteiger partial charge on any atom is 0.0805 e. The van der Waals surface area contributed by atoms with Gasteiger partial charge in [0.15, 0.2) is 0 Å². The maximum atomic E-state index is 5.84. The topological polar surface area (TPSA) is 18.5 Å². The molecule has 2 nitrogen and oxygen atoms in total. The second-order valence-corrected chi connectivity index (χ2v) is 8.14. The summed E-state index contributed by atoms with van der Waals surface area (Å²) in [5, 5.41) is 0. The SMILES string of the molecule is CCCCCCC/C=C/C(C)CCCCCCOCC(CC)OCCCC. The Morgan fingerprint density at radius 3 is 2.19 bits per heavy atom. The van der Waals surface area contributed by atoms with Gasteiger partial charge in [0.25, 0.3) is 0 Å². The van der Waals surface area contributed by atoms with Crippen molar-refractivity contribution in [2.75, 3.05) is 19.8 Å². The van der Waals surface area contributed by atoms with E-state index in [0.29, 0.717) is 0 Å². The summed E-state index contributed by atoms with van der Waals surface area (Å²) in [5.74, 6) is 0.738. The summed E-state index contributed by atoms with van der Waals surface area (Å²) in [6.07, 6.45) is 23.2. The highest BCUT2D eigenvalue weighted by Crippen LogP contribution is 2.13. The van der Waals surface area contributed by atoms with Crippen LogP contribution in [-0.2, 0) is 9.47 Å². The minimum Gasteiger partial charge on any atom is -0.379 e. The highest BCUT2D eigenvalue weighted by Gasteiger charge is 2.06. The van der Waals surface area contributed by atoms with Crippen LogP contribution in [0.4, 0.5) is 0 Å². The quantitative estimate of drug-likeness (QED) is 0.147. The fourth-order valence-electron chi connectivity index (χ4n) is 3.21. The van der Waals surface area contributed by atoms with Crippen LogP contribution in [0.3, 0.4) is 0 Å². The third-order valence-corrected chi connectivity index (χ3v) is 5.25. The molecule has 0 bridgehead atoms. The highest BCUT2D eigenvalue weighted by molar-refractivity contribution is 4.86. The second-order valence-electron chi connectivity index (χ2n) is 8.14. The molecule has 0 N–H and O–H groups in total. The van der Waals surface area contributed by atoms with E-state index in [1.807, 2.05) is 0 Å². The molecule has 0 aliphatic carbocycles. The van der Waals surface area contributed by atoms with Crippen LogP contribution >= 0.6 is 0 Å². The van der Waals surface area contributed by atoms with Gasteiger partial charge in [0, 0.05) is 13.2 Å². The Bertz CT molecular complexity index is 301. The molecule has 27 heavy (non-hydrogen) atoms. The summed E-state index contributed by atoms with van der Waals surface area (Å²) in [6, 6.07) is 0. The Balaban J connectivity index is 3.39. The zero-order valence-corrected chi connectivity index (χ0v) is 19.1. The number of hydrogen-bond donors (Lipinski definition) is 0. The van der Waals surface area contributed by atoms with Crippen molar-refractivity contribution in [3.05, 3.63) is 12.2 Å². The van der Waals surface area contributed by atoms with E-state index in [9.17, 15) is 0 Å². The van der Waals surface area contributed by atoms with Crippen molar-refractivity contribution in [2.24, 2.45) is 5.92 Å². The molecular weight excluding hydrogens is 332 g/mol. The van der Waals surface area contributed by atoms with E-state index >= 15 is 0 Å². The van der Waals surface area contributed by atoms with Crippen LogP contribution in [0.1, 0.15) is 118 Å². The number of hydrogen-bond acceptors (Lipinski definition) is 2. The lowest BCUT2D eigenvalue weighted by molar-refractivity contribution is -0.0197. The van der Waals surface area contributed by atoms with Gasteiger partial charge >= 0.3 is 0 Å². The van der Waals surface area contributed by atoms with Crippen LogP contribution in [0.2, 0.25) is 0 Å². The van der Waals surface area contributed by atoms with E-state index in [-0.39, 0.29) is 6.10 Å². The number of unbranched alkanes of at least 4 members (excludes halogenated alkanes) is 9. The van der Waals surface area contributed by atoms with Crippen molar-refractivity contribution in [3.63, 3.8) is 0 Å². The van der Waals surface area contributed by atoms with E-state index < -0.39 is 0 Å². The summed E-state index contributed by atoms with van der Waals surface area (Å²) in [5.41, 5.74) is 0. The van der Waals surface area contributed by atoms with E-state index in [1.165, 1.54) is 77.0 Å². The number of rotatable bonds is 21. The Kier molecular flexibility index (Phi) is 21.7. The van der Waals surface area contributed by atoms with Crippen LogP contribution in [0.5, 0.6) is 0 Å². The molecule has 0 radical (unpaired) electrons. The first kappa shape index (κ1) is 26.7. The molecule has 162 valence electrons. The molecule has 0 saturated heterocycles. The monoisotopic (exact) mass is 382 g/mol. The first-order valence-corrected chi connectivity index (χ1v) is 12.1. The predicted octanol–water partition coefficient (Wildman–Crippen LogP) is 8.10. The van der Waals surface area contributed by atoms with Crippen LogP contribution in [-0.4, -0.2) is 25.9 Å². The Morgan fingerprint density at radius 1 is 0.741 bits per heavy atom. The van der Waals surface area contributed by atoms with Crippen molar-refractivity contribution in [3.8, 4) is 0 Å². The minimum atomic E-state index is 0.288. The summed E-state index contributed by atoms with van der Waals surface area (Å²) < 4.78 is 11.6. The third-order valence-electron chi connectivity index (χ3n) is 5.25. The van der Waals surface area contributed by atoms with Gasteiger partial charge in [-0.15, -0.1) is 0 Å². The lowest BCUT2D eigenvalue weighted by atomic mass is 10.0. The molecular formula is C25H50O2. The first-order valence-electron chi connectivity index (χ1n) is 12.1. The Labute approximate surface area is 171 Å². The van der Waals surface area contributed by atoms with Gasteiger partial charge in [0.05, 0.1) is 12.7 Å². The van der Waals surface area contributed by atoms with Gasteiger partial charge in [-0.2, -0.15) is 0 Å². The first-order chi connectivity index (χ1) is 13.2. The zero-order chi connectivity index (χ0) is 20.0. The van der Waals surface area contributed by atoms with E-state index in [4.69, 9.17) is 9.47 Å². The molecule has 0 aliphatic rings. The largest absolute Gasteiger partial charge is 0.379 e. The van der Waals surface area contributed by atoms with E-state index in [1.54, 1.807) is 0 Å². The van der Waals surface area contributed by atoms with Crippen LogP contribution in [0.25, 0.3) is 0 Å². The molecule has 0 spiro atoms. The fraction of sp³-hybridized carbons (Fsp3) is 0.920. The second kappa shape index (κ2) is 22.0. The molecule has 0 aliphatic heterocycles. The minimum absolute atomic E-state index is 0.288. The standard InChI is InChI=1S/C25H50O2/c1-5-8-10-11-12-13-16-19-24(4)20-17-14-15-18-21-26-23-25(7-3)27-22-9-6-2/h16,19,24-25H,5-15,17-18,20-23H2,1-4H3/b19-16+. The molecule has 0 aromatic rings. The summed E-state index contributed by atoms with van der Waals surface area (Å²) >= 11 is 0. The summed E-state index contributed by atoms with van der Waals surface area (Å²) in [7, 11) is 0. The Hall–Kier alpha value is -0.340. The molecule has 0 aromatic heterocycles. The molecule has 0 aromatic carbocycles. The number of allylic oxidation sites excluding steroid dienone is 2. The maximum absolute atomic E-state index is 5.84. The van der Waals surface area contributed by atoms with Crippen LogP contribution < -0.4 is 0 Å². The van der Waals surface area contributed by atoms with Gasteiger partial charge in [-0.3, -0.25) is 0 Å². The average Bonchev–Trinajstić information content (AvgIpc) is 2.68. The smallest absolute Gasteiger partial charge is 0.0805 e. The third kappa shape index (κ3) is 20.2. The number of ether oxygens (including phenoxy) is 2. The summed E-state index contributed by atoms with van der Waals surface area (Å²) in [6.45, 7) is 11.6. The molecule has 0 rings (SSSR count). The fourth-order valence-corrected chi connectivity index (χ4v) is 3.21. The Morgan fingerprint density at radius 2 is 1.44 bits per heavy atom. The van der Waals surface area contributed by atoms with Gasteiger partial charge in [-0.25, -0.2) is 0 Å². The zero-order valence-electron chi connectivity index (χ0n) is 19.1. The molecule has 0 saturated carbocycles. The van der Waals surface area contributed by atoms with Gasteiger partial charge in [0.2, 0.25) is 0 Å². The molecule has 2 unspecified atom stereocenters. The molecule has 0 amide bonds. The molecule has 0 heterocycles. The van der Waals surface area contributed by atoms with Gasteiger partial charge < -0.3 is 9.47 Å². The van der Waals surface area contributed by atoms with Crippen LogP contribution in [0.15, 0.2) is 12.2 Å². The summed E-state index contributed by atoms with van der Waals surface area (Å²) in [4.78, 5) is 0. The lowest BCUT2D eigenvalue weighted by Crippen LogP contribution is -2.20. The normalized spacial score (nSPS) is 14.1. The van der Waals surface area contributed by atoms with Crippen molar-refractivity contribution in [1.82, 2.24) is 0 Å².